The zero-order valence-electron chi connectivity index (χ0n) is 11.2. The maximum Gasteiger partial charge on any atom is 0.263 e. The van der Waals surface area contributed by atoms with Crippen LogP contribution in [0.3, 0.4) is 0 Å². The van der Waals surface area contributed by atoms with Gasteiger partial charge in [-0.1, -0.05) is 24.6 Å². The topological polar surface area (TPSA) is 60.9 Å². The van der Waals surface area contributed by atoms with Crippen LogP contribution in [0.5, 0.6) is 0 Å². The lowest BCUT2D eigenvalue weighted by Gasteiger charge is -2.17. The Labute approximate surface area is 128 Å². The molecule has 0 amide bonds. The van der Waals surface area contributed by atoms with Gasteiger partial charge in [0.1, 0.15) is 5.82 Å². The van der Waals surface area contributed by atoms with Crippen molar-refractivity contribution in [3.05, 3.63) is 39.4 Å². The van der Waals surface area contributed by atoms with Crippen LogP contribution in [0.15, 0.2) is 23.0 Å². The Morgan fingerprint density at radius 1 is 1.50 bits per heavy atom. The van der Waals surface area contributed by atoms with Gasteiger partial charge in [0.2, 0.25) is 0 Å². The molecule has 1 aromatic heterocycles. The molecule has 1 aliphatic rings. The highest BCUT2D eigenvalue weighted by molar-refractivity contribution is 6.35. The standard InChI is InChI=1S/C14H16ClN3O.ClH/c1-2-10(16)13-17-11-5-3-4-9(15)12(11)14(19)18(13)8-6-7-8;/h3-5,8,10H,2,6-7,16H2,1H3;1H/t10-;/m0./s1. The molecule has 1 atom stereocenters. The van der Waals surface area contributed by atoms with Gasteiger partial charge in [-0.15, -0.1) is 12.4 Å². The fourth-order valence-electron chi connectivity index (χ4n) is 2.35. The van der Waals surface area contributed by atoms with Gasteiger partial charge in [-0.2, -0.15) is 0 Å². The van der Waals surface area contributed by atoms with Crippen LogP contribution in [-0.2, 0) is 0 Å². The molecule has 20 heavy (non-hydrogen) atoms. The number of aromatic nitrogens is 2. The molecular formula is C14H17Cl2N3O. The van der Waals surface area contributed by atoms with Crippen molar-refractivity contribution >= 4 is 34.9 Å². The van der Waals surface area contributed by atoms with Crippen molar-refractivity contribution < 1.29 is 0 Å². The summed E-state index contributed by atoms with van der Waals surface area (Å²) in [6, 6.07) is 5.37. The maximum atomic E-state index is 12.7. The fourth-order valence-corrected chi connectivity index (χ4v) is 2.60. The minimum Gasteiger partial charge on any atom is -0.321 e. The molecule has 2 N–H and O–H groups in total. The third-order valence-electron chi connectivity index (χ3n) is 3.59. The average Bonchev–Trinajstić information content (AvgIpc) is 3.21. The monoisotopic (exact) mass is 313 g/mol. The number of fused-ring (bicyclic) bond motifs is 1. The predicted molar refractivity (Wildman–Crippen MR) is 83.8 cm³/mol. The summed E-state index contributed by atoms with van der Waals surface area (Å²) in [6.07, 6.45) is 2.78. The lowest BCUT2D eigenvalue weighted by Crippen LogP contribution is -2.29. The van der Waals surface area contributed by atoms with E-state index in [-0.39, 0.29) is 30.0 Å². The van der Waals surface area contributed by atoms with Gasteiger partial charge in [-0.25, -0.2) is 4.98 Å². The molecule has 0 radical (unpaired) electrons. The zero-order valence-corrected chi connectivity index (χ0v) is 12.7. The number of nitrogens with two attached hydrogens (primary N) is 1. The number of hydrogen-bond acceptors (Lipinski definition) is 3. The van der Waals surface area contributed by atoms with Crippen LogP contribution in [0, 0.1) is 0 Å². The molecule has 3 rings (SSSR count). The molecule has 1 aliphatic carbocycles. The van der Waals surface area contributed by atoms with Gasteiger partial charge in [-0.3, -0.25) is 9.36 Å². The molecule has 1 saturated carbocycles. The Hall–Kier alpha value is -1.10. The largest absolute Gasteiger partial charge is 0.321 e. The van der Waals surface area contributed by atoms with Gasteiger partial charge in [0.05, 0.1) is 22.0 Å². The predicted octanol–water partition coefficient (Wildman–Crippen LogP) is 3.22. The molecule has 4 nitrogen and oxygen atoms in total. The van der Waals surface area contributed by atoms with Gasteiger partial charge in [-0.05, 0) is 31.4 Å². The number of benzene rings is 1. The smallest absolute Gasteiger partial charge is 0.263 e. The lowest BCUT2D eigenvalue weighted by atomic mass is 10.2. The van der Waals surface area contributed by atoms with E-state index in [0.717, 1.165) is 19.3 Å². The molecule has 1 heterocycles. The van der Waals surface area contributed by atoms with Crippen LogP contribution in [0.1, 0.15) is 44.1 Å². The molecule has 0 aliphatic heterocycles. The van der Waals surface area contributed by atoms with Gasteiger partial charge in [0.25, 0.3) is 5.56 Å². The van der Waals surface area contributed by atoms with Crippen molar-refractivity contribution in [2.24, 2.45) is 5.73 Å². The highest BCUT2D eigenvalue weighted by atomic mass is 35.5. The minimum atomic E-state index is -0.211. The zero-order chi connectivity index (χ0) is 13.6. The molecule has 0 saturated heterocycles. The van der Waals surface area contributed by atoms with Gasteiger partial charge >= 0.3 is 0 Å². The number of rotatable bonds is 3. The van der Waals surface area contributed by atoms with Crippen LogP contribution in [0.2, 0.25) is 5.02 Å². The number of halogens is 2. The molecule has 0 unspecified atom stereocenters. The Morgan fingerprint density at radius 2 is 2.20 bits per heavy atom. The summed E-state index contributed by atoms with van der Waals surface area (Å²) in [5, 5.41) is 0.962. The van der Waals surface area contributed by atoms with E-state index in [2.05, 4.69) is 4.98 Å². The first-order valence-electron chi connectivity index (χ1n) is 6.59. The van der Waals surface area contributed by atoms with Crippen molar-refractivity contribution in [1.29, 1.82) is 0 Å². The van der Waals surface area contributed by atoms with Gasteiger partial charge in [0, 0.05) is 6.04 Å². The highest BCUT2D eigenvalue weighted by Gasteiger charge is 2.30. The number of nitrogens with zero attached hydrogens (tertiary/aromatic N) is 2. The van der Waals surface area contributed by atoms with E-state index in [4.69, 9.17) is 17.3 Å². The van der Waals surface area contributed by atoms with Crippen LogP contribution in [-0.4, -0.2) is 9.55 Å². The van der Waals surface area contributed by atoms with Crippen LogP contribution in [0.4, 0.5) is 0 Å². The second kappa shape index (κ2) is 5.72. The quantitative estimate of drug-likeness (QED) is 0.946. The molecule has 0 bridgehead atoms. The van der Waals surface area contributed by atoms with E-state index < -0.39 is 0 Å². The fraction of sp³-hybridized carbons (Fsp3) is 0.429. The summed E-state index contributed by atoms with van der Waals surface area (Å²) in [5.41, 5.74) is 6.68. The first-order chi connectivity index (χ1) is 9.13. The second-order valence-corrected chi connectivity index (χ2v) is 5.43. The van der Waals surface area contributed by atoms with E-state index in [0.29, 0.717) is 21.7 Å². The van der Waals surface area contributed by atoms with Crippen LogP contribution >= 0.6 is 24.0 Å². The van der Waals surface area contributed by atoms with E-state index in [1.807, 2.05) is 13.0 Å². The van der Waals surface area contributed by atoms with Gasteiger partial charge < -0.3 is 5.73 Å². The number of hydrogen-bond donors (Lipinski definition) is 1. The highest BCUT2D eigenvalue weighted by Crippen LogP contribution is 2.36. The Morgan fingerprint density at radius 3 is 2.80 bits per heavy atom. The normalized spacial score (nSPS) is 15.9. The van der Waals surface area contributed by atoms with Crippen molar-refractivity contribution in [3.8, 4) is 0 Å². The molecule has 6 heteroatoms. The second-order valence-electron chi connectivity index (χ2n) is 5.03. The van der Waals surface area contributed by atoms with Crippen LogP contribution < -0.4 is 11.3 Å². The molecular weight excluding hydrogens is 297 g/mol. The summed E-state index contributed by atoms with van der Waals surface area (Å²) >= 11 is 6.14. The molecule has 2 aromatic rings. The molecule has 0 spiro atoms. The third kappa shape index (κ3) is 2.43. The SMILES string of the molecule is CC[C@H](N)c1nc2cccc(Cl)c2c(=O)n1C1CC1.Cl. The molecule has 108 valence electrons. The molecule has 1 fully saturated rings. The van der Waals surface area contributed by atoms with Crippen molar-refractivity contribution in [2.75, 3.05) is 0 Å². The van der Waals surface area contributed by atoms with E-state index >= 15 is 0 Å². The lowest BCUT2D eigenvalue weighted by molar-refractivity contribution is 0.558. The average molecular weight is 314 g/mol. The summed E-state index contributed by atoms with van der Waals surface area (Å²) < 4.78 is 1.75. The summed E-state index contributed by atoms with van der Waals surface area (Å²) in [6.45, 7) is 2.00. The van der Waals surface area contributed by atoms with Crippen LogP contribution in [0.25, 0.3) is 10.9 Å². The maximum absolute atomic E-state index is 12.7. The first-order valence-corrected chi connectivity index (χ1v) is 6.97. The summed E-state index contributed by atoms with van der Waals surface area (Å²) in [5.74, 6) is 0.685. The van der Waals surface area contributed by atoms with E-state index in [1.54, 1.807) is 16.7 Å². The van der Waals surface area contributed by atoms with E-state index in [9.17, 15) is 4.79 Å². The van der Waals surface area contributed by atoms with Crippen molar-refractivity contribution in [2.45, 2.75) is 38.3 Å². The van der Waals surface area contributed by atoms with Crippen molar-refractivity contribution in [1.82, 2.24) is 9.55 Å². The van der Waals surface area contributed by atoms with Crippen molar-refractivity contribution in [3.63, 3.8) is 0 Å². The Kier molecular flexibility index (Phi) is 4.37. The summed E-state index contributed by atoms with van der Waals surface area (Å²) in [7, 11) is 0. The first kappa shape index (κ1) is 15.3. The Bertz CT molecular complexity index is 695. The Balaban J connectivity index is 0.00000147. The third-order valence-corrected chi connectivity index (χ3v) is 3.90. The van der Waals surface area contributed by atoms with E-state index in [1.165, 1.54) is 0 Å². The van der Waals surface area contributed by atoms with Gasteiger partial charge in [0.15, 0.2) is 0 Å². The molecule has 1 aromatic carbocycles. The summed E-state index contributed by atoms with van der Waals surface area (Å²) in [4.78, 5) is 17.2. The minimum absolute atomic E-state index is 0.